The Kier molecular flexibility index (Phi) is 4.40. The van der Waals surface area contributed by atoms with Crippen molar-refractivity contribution >= 4 is 17.3 Å². The molecule has 0 N–H and O–H groups in total. The van der Waals surface area contributed by atoms with E-state index in [0.717, 1.165) is 0 Å². The first-order valence-corrected chi connectivity index (χ1v) is 8.74. The van der Waals surface area contributed by atoms with Crippen molar-refractivity contribution in [3.63, 3.8) is 0 Å². The Hall–Kier alpha value is -1.85. The fourth-order valence-electron chi connectivity index (χ4n) is 4.80. The maximum Gasteiger partial charge on any atom is 0.216 e. The summed E-state index contributed by atoms with van der Waals surface area (Å²) in [7, 11) is 0. The summed E-state index contributed by atoms with van der Waals surface area (Å²) in [6, 6.07) is -0.653. The highest BCUT2D eigenvalue weighted by molar-refractivity contribution is 6.12. The third kappa shape index (κ3) is 2.82. The van der Waals surface area contributed by atoms with Crippen molar-refractivity contribution in [1.29, 1.82) is 0 Å². The molecule has 2 saturated carbocycles. The Bertz CT molecular complexity index is 607. The molecule has 0 bridgehead atoms. The van der Waals surface area contributed by atoms with Crippen molar-refractivity contribution in [3.8, 4) is 0 Å². The molecule has 24 heavy (non-hydrogen) atoms. The molecule has 3 aliphatic rings. The molecule has 3 aliphatic carbocycles. The molecular weight excluding hydrogens is 310 g/mol. The van der Waals surface area contributed by atoms with Crippen LogP contribution in [0.3, 0.4) is 0 Å². The van der Waals surface area contributed by atoms with E-state index < -0.39 is 11.5 Å². The van der Waals surface area contributed by atoms with Gasteiger partial charge in [0.2, 0.25) is 6.04 Å². The summed E-state index contributed by atoms with van der Waals surface area (Å²) in [6.45, 7) is 1.69. The van der Waals surface area contributed by atoms with E-state index >= 15 is 0 Å². The lowest BCUT2D eigenvalue weighted by Crippen LogP contribution is -2.44. The third-order valence-corrected chi connectivity index (χ3v) is 6.39. The quantitative estimate of drug-likeness (QED) is 0.447. The maximum absolute atomic E-state index is 12.1. The van der Waals surface area contributed by atoms with E-state index in [2.05, 4.69) is 0 Å². The number of allylic oxidation sites excluding steroid dienone is 2. The summed E-state index contributed by atoms with van der Waals surface area (Å²) in [4.78, 5) is 47.1. The zero-order chi connectivity index (χ0) is 17.5. The first kappa shape index (κ1) is 17.0. The van der Waals surface area contributed by atoms with Crippen LogP contribution in [0.1, 0.15) is 51.9 Å². The van der Waals surface area contributed by atoms with Gasteiger partial charge in [0.05, 0.1) is 5.41 Å². The summed E-state index contributed by atoms with van der Waals surface area (Å²) in [5, 5.41) is 11.5. The van der Waals surface area contributed by atoms with Crippen LogP contribution in [0.15, 0.2) is 12.2 Å². The van der Waals surface area contributed by atoms with Crippen LogP contribution in [0.2, 0.25) is 0 Å². The second-order valence-electron chi connectivity index (χ2n) is 7.68. The average molecular weight is 333 g/mol. The van der Waals surface area contributed by atoms with E-state index in [1.807, 2.05) is 6.08 Å². The van der Waals surface area contributed by atoms with E-state index in [1.54, 1.807) is 13.0 Å². The minimum Gasteiger partial charge on any atom is -0.299 e. The van der Waals surface area contributed by atoms with Crippen LogP contribution < -0.4 is 0 Å². The van der Waals surface area contributed by atoms with Crippen LogP contribution in [-0.4, -0.2) is 28.3 Å². The van der Waals surface area contributed by atoms with Crippen LogP contribution in [0.4, 0.5) is 0 Å². The minimum absolute atomic E-state index is 0.00190. The van der Waals surface area contributed by atoms with Gasteiger partial charge in [-0.05, 0) is 44.1 Å². The van der Waals surface area contributed by atoms with Crippen LogP contribution in [-0.2, 0) is 14.4 Å². The average Bonchev–Trinajstić information content (AvgIpc) is 2.79. The number of carbonyl (C=O) groups is 3. The van der Waals surface area contributed by atoms with Crippen molar-refractivity contribution in [3.05, 3.63) is 22.3 Å². The lowest BCUT2D eigenvalue weighted by Gasteiger charge is -2.40. The number of hydrogen-bond donors (Lipinski definition) is 0. The van der Waals surface area contributed by atoms with Gasteiger partial charge in [0.15, 0.2) is 5.78 Å². The summed E-state index contributed by atoms with van der Waals surface area (Å²) >= 11 is 0. The molecule has 0 unspecified atom stereocenters. The van der Waals surface area contributed by atoms with Gasteiger partial charge in [0.1, 0.15) is 11.6 Å². The lowest BCUT2D eigenvalue weighted by atomic mass is 9.63. The predicted octanol–water partition coefficient (Wildman–Crippen LogP) is 2.52. The number of hydrogen-bond acceptors (Lipinski definition) is 5. The van der Waals surface area contributed by atoms with Crippen molar-refractivity contribution in [2.75, 3.05) is 0 Å². The summed E-state index contributed by atoms with van der Waals surface area (Å²) in [5.74, 6) is -0.0314. The van der Waals surface area contributed by atoms with E-state index in [0.29, 0.717) is 44.9 Å². The number of rotatable bonds is 4. The molecule has 0 aliphatic heterocycles. The number of Topliss-reactive ketones (excluding diaryl/α,β-unsaturated/α-hetero) is 2. The van der Waals surface area contributed by atoms with Crippen molar-refractivity contribution in [2.45, 2.75) is 57.9 Å². The molecule has 0 amide bonds. The number of nitro groups is 1. The van der Waals surface area contributed by atoms with Crippen LogP contribution in [0.5, 0.6) is 0 Å². The molecule has 130 valence electrons. The molecule has 0 aromatic rings. The monoisotopic (exact) mass is 333 g/mol. The Labute approximate surface area is 140 Å². The molecule has 6 heteroatoms. The smallest absolute Gasteiger partial charge is 0.216 e. The number of ketones is 3. The number of carbonyl (C=O) groups excluding carboxylic acids is 3. The first-order valence-electron chi connectivity index (χ1n) is 8.74. The second kappa shape index (κ2) is 6.22. The Morgan fingerprint density at radius 3 is 2.50 bits per heavy atom. The summed E-state index contributed by atoms with van der Waals surface area (Å²) < 4.78 is 0. The normalized spacial score (nSPS) is 35.1. The third-order valence-electron chi connectivity index (χ3n) is 6.39. The van der Waals surface area contributed by atoms with Gasteiger partial charge in [-0.25, -0.2) is 0 Å². The van der Waals surface area contributed by atoms with Gasteiger partial charge in [-0.1, -0.05) is 6.08 Å². The summed E-state index contributed by atoms with van der Waals surface area (Å²) in [5.41, 5.74) is -0.970. The molecule has 3 rings (SSSR count). The zero-order valence-electron chi connectivity index (χ0n) is 13.9. The van der Waals surface area contributed by atoms with Gasteiger partial charge in [0, 0.05) is 36.5 Å². The Morgan fingerprint density at radius 1 is 1.21 bits per heavy atom. The van der Waals surface area contributed by atoms with Crippen molar-refractivity contribution in [2.24, 2.45) is 23.2 Å². The van der Waals surface area contributed by atoms with Gasteiger partial charge < -0.3 is 0 Å². The highest BCUT2D eigenvalue weighted by Gasteiger charge is 2.49. The molecule has 0 saturated heterocycles. The summed E-state index contributed by atoms with van der Waals surface area (Å²) in [6.07, 6.45) is 6.44. The maximum atomic E-state index is 12.1. The molecule has 0 spiro atoms. The molecule has 0 aromatic carbocycles. The Morgan fingerprint density at radius 2 is 1.88 bits per heavy atom. The van der Waals surface area contributed by atoms with Crippen molar-refractivity contribution in [1.82, 2.24) is 0 Å². The molecule has 0 radical (unpaired) electrons. The van der Waals surface area contributed by atoms with Gasteiger partial charge in [-0.3, -0.25) is 24.5 Å². The van der Waals surface area contributed by atoms with Gasteiger partial charge in [-0.2, -0.15) is 0 Å². The second-order valence-corrected chi connectivity index (χ2v) is 7.68. The standard InChI is InChI=1S/C18H23NO5/c1-18(16(21)6-7-17(18)22)9-8-14-13-4-3-12(20)10-11(13)2-5-15(14)19(23)24/h3-4,11,13-15H,2,5-10H2,1H3/t11-,13-,14+,15-/m0/s1. The van der Waals surface area contributed by atoms with Gasteiger partial charge >= 0.3 is 0 Å². The largest absolute Gasteiger partial charge is 0.299 e. The van der Waals surface area contributed by atoms with E-state index in [9.17, 15) is 24.5 Å². The molecule has 0 aromatic heterocycles. The van der Waals surface area contributed by atoms with Crippen LogP contribution in [0, 0.1) is 33.3 Å². The predicted molar refractivity (Wildman–Crippen MR) is 85.8 cm³/mol. The first-order chi connectivity index (χ1) is 11.3. The fourth-order valence-corrected chi connectivity index (χ4v) is 4.80. The van der Waals surface area contributed by atoms with E-state index in [4.69, 9.17) is 0 Å². The van der Waals surface area contributed by atoms with E-state index in [-0.39, 0.29) is 40.0 Å². The zero-order valence-corrected chi connectivity index (χ0v) is 13.9. The van der Waals surface area contributed by atoms with Crippen molar-refractivity contribution < 1.29 is 19.3 Å². The van der Waals surface area contributed by atoms with Crippen LogP contribution in [0.25, 0.3) is 0 Å². The van der Waals surface area contributed by atoms with Gasteiger partial charge in [0.25, 0.3) is 0 Å². The molecule has 0 heterocycles. The minimum atomic E-state index is -0.970. The Balaban J connectivity index is 1.80. The molecule has 4 atom stereocenters. The van der Waals surface area contributed by atoms with Crippen LogP contribution >= 0.6 is 0 Å². The SMILES string of the molecule is CC1(CC[C@@H]2[C@H]3C=CC(=O)C[C@@H]3CC[C@@H]2[N+](=O)[O-])C(=O)CCC1=O. The van der Waals surface area contributed by atoms with E-state index in [1.165, 1.54) is 0 Å². The lowest BCUT2D eigenvalue weighted by molar-refractivity contribution is -0.538. The molecular formula is C18H23NO5. The van der Waals surface area contributed by atoms with Gasteiger partial charge in [-0.15, -0.1) is 0 Å². The molecule has 2 fully saturated rings. The topological polar surface area (TPSA) is 94.3 Å². The fraction of sp³-hybridized carbons (Fsp3) is 0.722. The number of nitrogens with zero attached hydrogens (tertiary/aromatic N) is 1. The number of fused-ring (bicyclic) bond motifs is 1. The molecule has 6 nitrogen and oxygen atoms in total. The highest BCUT2D eigenvalue weighted by Crippen LogP contribution is 2.45. The highest BCUT2D eigenvalue weighted by atomic mass is 16.6.